The molecule has 1 unspecified atom stereocenters. The maximum Gasteiger partial charge on any atom is 1.00 e. The van der Waals surface area contributed by atoms with Crippen LogP contribution in [0.4, 0.5) is 5.69 Å². The van der Waals surface area contributed by atoms with Gasteiger partial charge in [-0.15, -0.1) is 32.2 Å². The predicted octanol–water partition coefficient (Wildman–Crippen LogP) is -3.39. The first-order valence-electron chi connectivity index (χ1n) is 12.7. The topological polar surface area (TPSA) is 221 Å². The number of carbonyl (C=O) groups excluding carboxylic acids is 4. The molecule has 3 aromatic heterocycles. The number of amides is 3. The Hall–Kier alpha value is -3.88. The van der Waals surface area contributed by atoms with E-state index >= 15 is 0 Å². The number of carboxylic acids is 1. The summed E-state index contributed by atoms with van der Waals surface area (Å²) in [7, 11) is 0. The third kappa shape index (κ3) is 6.87. The Kier molecular flexibility index (Phi) is 10.1. The number of aromatic hydroxyl groups is 1. The Morgan fingerprint density at radius 2 is 1.98 bits per heavy atom. The molecule has 4 aromatic rings. The molecule has 2 atom stereocenters. The number of carboxylic acid groups (broad SMARTS) is 1. The average molecular weight is 675 g/mol. The Morgan fingerprint density at radius 1 is 1.16 bits per heavy atom. The van der Waals surface area contributed by atoms with Gasteiger partial charge in [0.2, 0.25) is 17.5 Å². The van der Waals surface area contributed by atoms with Gasteiger partial charge in [-0.1, -0.05) is 41.3 Å². The summed E-state index contributed by atoms with van der Waals surface area (Å²) in [6.45, 7) is 0. The van der Waals surface area contributed by atoms with Gasteiger partial charge in [-0.3, -0.25) is 19.3 Å². The van der Waals surface area contributed by atoms with Crippen molar-refractivity contribution in [3.63, 3.8) is 0 Å². The Labute approximate surface area is 288 Å². The normalized spacial score (nSPS) is 17.2. The molecule has 2 aliphatic rings. The van der Waals surface area contributed by atoms with Crippen molar-refractivity contribution in [1.82, 2.24) is 45.4 Å². The number of nitrogens with zero attached hydrogens (tertiary/aromatic N) is 8. The maximum absolute atomic E-state index is 13.0. The molecule has 5 heterocycles. The van der Waals surface area contributed by atoms with Gasteiger partial charge >= 0.3 is 29.6 Å². The molecule has 1 saturated heterocycles. The van der Waals surface area contributed by atoms with Gasteiger partial charge < -0.3 is 25.6 Å². The number of aliphatic carboxylic acids is 1. The summed E-state index contributed by atoms with van der Waals surface area (Å²) in [5.74, 6) is -3.42. The molecule has 0 saturated carbocycles. The van der Waals surface area contributed by atoms with Crippen molar-refractivity contribution >= 4 is 64.2 Å². The number of benzene rings is 1. The molecular formula is C25H19N10NaO6S3. The molecule has 0 spiro atoms. The third-order valence-electron chi connectivity index (χ3n) is 6.47. The van der Waals surface area contributed by atoms with Gasteiger partial charge in [-0.2, -0.15) is 10.1 Å². The monoisotopic (exact) mass is 674 g/mol. The molecule has 2 aliphatic heterocycles. The fraction of sp³-hybridized carbons (Fsp3) is 0.200. The van der Waals surface area contributed by atoms with Crippen molar-refractivity contribution in [2.75, 3.05) is 16.8 Å². The van der Waals surface area contributed by atoms with Crippen LogP contribution in [-0.4, -0.2) is 91.8 Å². The quantitative estimate of drug-likeness (QED) is 0.0849. The fourth-order valence-corrected chi connectivity index (χ4v) is 7.45. The van der Waals surface area contributed by atoms with E-state index in [1.807, 2.05) is 0 Å². The SMILES string of the molecule is O=C(Cc1ccccc1NC(=O)c1nnc(-n2cccn2)nc1O)NC1C(=O)N2C(C(=O)[O-])=C(CSc3nncs3)CS[C@H]12.[Na+]. The van der Waals surface area contributed by atoms with Gasteiger partial charge in [0.25, 0.3) is 17.8 Å². The van der Waals surface area contributed by atoms with Crippen molar-refractivity contribution in [1.29, 1.82) is 0 Å². The van der Waals surface area contributed by atoms with Gasteiger partial charge in [0.05, 0.1) is 18.1 Å². The molecule has 1 aromatic carbocycles. The zero-order valence-corrected chi connectivity index (χ0v) is 27.6. The number of fused-ring (bicyclic) bond motifs is 1. The summed E-state index contributed by atoms with van der Waals surface area (Å²) in [6.07, 6.45) is 2.82. The van der Waals surface area contributed by atoms with Crippen LogP contribution in [0.5, 0.6) is 5.88 Å². The van der Waals surface area contributed by atoms with Gasteiger partial charge in [0.1, 0.15) is 16.9 Å². The van der Waals surface area contributed by atoms with E-state index in [4.69, 9.17) is 0 Å². The molecule has 16 nitrogen and oxygen atoms in total. The number of rotatable bonds is 10. The van der Waals surface area contributed by atoms with Crippen LogP contribution in [0.1, 0.15) is 16.1 Å². The minimum atomic E-state index is -1.46. The van der Waals surface area contributed by atoms with Gasteiger partial charge in [0.15, 0.2) is 4.34 Å². The number of thioether (sulfide) groups is 2. The molecule has 0 bridgehead atoms. The van der Waals surface area contributed by atoms with E-state index in [2.05, 4.69) is 41.1 Å². The van der Waals surface area contributed by atoms with Crippen molar-refractivity contribution in [3.05, 3.63) is 70.8 Å². The Balaban J connectivity index is 0.00000400. The van der Waals surface area contributed by atoms with Crippen molar-refractivity contribution < 1.29 is 58.9 Å². The van der Waals surface area contributed by atoms with Gasteiger partial charge in [0, 0.05) is 29.6 Å². The first kappa shape index (κ1) is 32.5. The number of para-hydroxylation sites is 1. The first-order valence-corrected chi connectivity index (χ1v) is 15.6. The molecular weight excluding hydrogens is 656 g/mol. The number of hydrogen-bond donors (Lipinski definition) is 3. The Morgan fingerprint density at radius 3 is 2.69 bits per heavy atom. The molecule has 1 fully saturated rings. The van der Waals surface area contributed by atoms with E-state index in [1.165, 1.54) is 51.9 Å². The second-order valence-electron chi connectivity index (χ2n) is 9.21. The molecule has 224 valence electrons. The van der Waals surface area contributed by atoms with Crippen LogP contribution in [0.15, 0.2) is 63.8 Å². The Bertz CT molecular complexity index is 1790. The molecule has 3 N–H and O–H groups in total. The van der Waals surface area contributed by atoms with E-state index in [9.17, 15) is 29.4 Å². The third-order valence-corrected chi connectivity index (χ3v) is 9.75. The zero-order chi connectivity index (χ0) is 30.8. The van der Waals surface area contributed by atoms with Crippen LogP contribution in [0, 0.1) is 0 Å². The number of aromatic nitrogens is 7. The minimum absolute atomic E-state index is 0. The van der Waals surface area contributed by atoms with E-state index in [1.54, 1.807) is 35.8 Å². The van der Waals surface area contributed by atoms with Crippen molar-refractivity contribution in [2.45, 2.75) is 22.2 Å². The molecule has 3 amide bonds. The van der Waals surface area contributed by atoms with Crippen LogP contribution in [0.25, 0.3) is 5.95 Å². The van der Waals surface area contributed by atoms with E-state index < -0.39 is 46.7 Å². The molecule has 20 heteroatoms. The van der Waals surface area contributed by atoms with Gasteiger partial charge in [-0.25, -0.2) is 4.68 Å². The van der Waals surface area contributed by atoms with E-state index in [0.29, 0.717) is 27.0 Å². The molecule has 45 heavy (non-hydrogen) atoms. The second-order valence-corrected chi connectivity index (χ2v) is 12.4. The van der Waals surface area contributed by atoms with Crippen LogP contribution in [0.3, 0.4) is 0 Å². The summed E-state index contributed by atoms with van der Waals surface area (Å²) in [5, 5.41) is 46.1. The zero-order valence-electron chi connectivity index (χ0n) is 23.2. The van der Waals surface area contributed by atoms with Crippen LogP contribution < -0.4 is 45.3 Å². The summed E-state index contributed by atoms with van der Waals surface area (Å²) in [4.78, 5) is 55.9. The second kappa shape index (κ2) is 14.0. The fourth-order valence-electron chi connectivity index (χ4n) is 4.47. The predicted molar refractivity (Wildman–Crippen MR) is 154 cm³/mol. The first-order chi connectivity index (χ1) is 21.3. The number of hydrogen-bond acceptors (Lipinski definition) is 15. The standard InChI is InChI=1S/C25H20N10O6S3.Na/c36-15(29-17-21(39)35-18(23(40)41)13(9-42-22(17)35)10-43-25-33-26-11-44-25)8-12-4-1-2-5-14(12)28-19(37)16-20(38)30-24(32-31-16)34-7-3-6-27-34;/h1-7,11,17,22H,8-10H2,(H,28,37)(H,29,36)(H,40,41)(H,30,32,38);/q;+1/p-1/t17?,22-;/m1./s1. The van der Waals surface area contributed by atoms with Crippen molar-refractivity contribution in [2.24, 2.45) is 0 Å². The minimum Gasteiger partial charge on any atom is -0.543 e. The average Bonchev–Trinajstić information content (AvgIpc) is 3.74. The van der Waals surface area contributed by atoms with Crippen LogP contribution in [-0.2, 0) is 20.8 Å². The number of β-lactam (4-membered cyclic amide) rings is 1. The summed E-state index contributed by atoms with van der Waals surface area (Å²) in [5.41, 5.74) is 2.15. The number of anilines is 1. The summed E-state index contributed by atoms with van der Waals surface area (Å²) >= 11 is 3.98. The number of nitrogens with one attached hydrogen (secondary N) is 2. The molecule has 0 radical (unpaired) electrons. The maximum atomic E-state index is 13.0. The molecule has 0 aliphatic carbocycles. The van der Waals surface area contributed by atoms with Crippen molar-refractivity contribution in [3.8, 4) is 11.8 Å². The number of carbonyl (C=O) groups is 4. The van der Waals surface area contributed by atoms with Crippen LogP contribution in [0.2, 0.25) is 0 Å². The molecule has 6 rings (SSSR count). The smallest absolute Gasteiger partial charge is 0.543 e. The summed E-state index contributed by atoms with van der Waals surface area (Å²) < 4.78 is 1.93. The summed E-state index contributed by atoms with van der Waals surface area (Å²) in [6, 6.07) is 7.17. The van der Waals surface area contributed by atoms with Crippen LogP contribution >= 0.6 is 34.9 Å². The van der Waals surface area contributed by atoms with Gasteiger partial charge in [-0.05, 0) is 23.3 Å². The van der Waals surface area contributed by atoms with E-state index in [0.717, 1.165) is 4.90 Å². The largest absolute Gasteiger partial charge is 1.00 e. The van der Waals surface area contributed by atoms with E-state index in [-0.39, 0.29) is 53.3 Å².